The molecular weight excluding hydrogens is 312 g/mol. The van der Waals surface area contributed by atoms with Crippen LogP contribution in [0.15, 0.2) is 46.0 Å². The van der Waals surface area contributed by atoms with Crippen LogP contribution in [-0.2, 0) is 0 Å². The average Bonchev–Trinajstić information content (AvgIpc) is 3.13. The number of nitrogens with zero attached hydrogens (tertiary/aromatic N) is 1. The number of carbonyl (C=O) groups is 1. The van der Waals surface area contributed by atoms with Gasteiger partial charge in [-0.2, -0.15) is 0 Å². The summed E-state index contributed by atoms with van der Waals surface area (Å²) in [6.45, 7) is 0.673. The molecule has 0 aliphatic rings. The Morgan fingerprint density at radius 3 is 2.71 bits per heavy atom. The van der Waals surface area contributed by atoms with E-state index in [4.69, 9.17) is 19.6 Å². The van der Waals surface area contributed by atoms with Gasteiger partial charge in [0.1, 0.15) is 0 Å². The molecule has 2 rings (SSSR count). The maximum atomic E-state index is 11.6. The van der Waals surface area contributed by atoms with Crippen LogP contribution in [0.5, 0.6) is 11.5 Å². The van der Waals surface area contributed by atoms with E-state index in [-0.39, 0.29) is 17.6 Å². The number of hydrogen-bond acceptors (Lipinski definition) is 5. The molecule has 0 bridgehead atoms. The van der Waals surface area contributed by atoms with Crippen molar-refractivity contribution in [2.75, 3.05) is 32.6 Å². The lowest BCUT2D eigenvalue weighted by Gasteiger charge is -2.11. The second-order valence-electron chi connectivity index (χ2n) is 4.69. The fourth-order valence-electron chi connectivity index (χ4n) is 1.94. The number of rotatable bonds is 7. The molecule has 24 heavy (non-hydrogen) atoms. The van der Waals surface area contributed by atoms with E-state index >= 15 is 0 Å². The quantitative estimate of drug-likeness (QED) is 0.402. The molecule has 1 amide bonds. The SMILES string of the molecule is COc1ccc(NC(N)=NCCNC(=O)c2ccco2)cc1OC. The van der Waals surface area contributed by atoms with Gasteiger partial charge in [-0.1, -0.05) is 0 Å². The maximum Gasteiger partial charge on any atom is 0.287 e. The van der Waals surface area contributed by atoms with E-state index in [1.165, 1.54) is 6.26 Å². The van der Waals surface area contributed by atoms with Crippen molar-refractivity contribution in [1.29, 1.82) is 0 Å². The van der Waals surface area contributed by atoms with Gasteiger partial charge in [0.05, 0.1) is 27.0 Å². The topological polar surface area (TPSA) is 111 Å². The zero-order chi connectivity index (χ0) is 17.4. The summed E-state index contributed by atoms with van der Waals surface area (Å²) in [5, 5.41) is 5.62. The van der Waals surface area contributed by atoms with Crippen LogP contribution in [0, 0.1) is 0 Å². The molecule has 8 heteroatoms. The van der Waals surface area contributed by atoms with Gasteiger partial charge in [0.2, 0.25) is 0 Å². The van der Waals surface area contributed by atoms with Crippen LogP contribution in [0.3, 0.4) is 0 Å². The molecule has 1 heterocycles. The van der Waals surface area contributed by atoms with Crippen molar-refractivity contribution in [3.63, 3.8) is 0 Å². The number of nitrogens with one attached hydrogen (secondary N) is 2. The number of methoxy groups -OCH3 is 2. The predicted octanol–water partition coefficient (Wildman–Crippen LogP) is 1.45. The van der Waals surface area contributed by atoms with Crippen molar-refractivity contribution in [2.45, 2.75) is 0 Å². The largest absolute Gasteiger partial charge is 0.493 e. The zero-order valence-corrected chi connectivity index (χ0v) is 13.5. The summed E-state index contributed by atoms with van der Waals surface area (Å²) in [7, 11) is 3.12. The lowest BCUT2D eigenvalue weighted by molar-refractivity contribution is 0.0927. The number of nitrogens with two attached hydrogens (primary N) is 1. The highest BCUT2D eigenvalue weighted by Crippen LogP contribution is 2.29. The van der Waals surface area contributed by atoms with Crippen molar-refractivity contribution in [1.82, 2.24) is 5.32 Å². The number of anilines is 1. The summed E-state index contributed by atoms with van der Waals surface area (Å²) in [6.07, 6.45) is 1.44. The van der Waals surface area contributed by atoms with Crippen LogP contribution in [0.1, 0.15) is 10.6 Å². The average molecular weight is 332 g/mol. The molecular formula is C16H20N4O4. The Morgan fingerprint density at radius 1 is 1.25 bits per heavy atom. The molecule has 128 valence electrons. The van der Waals surface area contributed by atoms with E-state index < -0.39 is 0 Å². The van der Waals surface area contributed by atoms with Crippen LogP contribution in [0.2, 0.25) is 0 Å². The second-order valence-corrected chi connectivity index (χ2v) is 4.69. The van der Waals surface area contributed by atoms with Crippen LogP contribution in [0.25, 0.3) is 0 Å². The van der Waals surface area contributed by atoms with Gasteiger partial charge in [-0.05, 0) is 24.3 Å². The van der Waals surface area contributed by atoms with Gasteiger partial charge < -0.3 is 30.3 Å². The van der Waals surface area contributed by atoms with Crippen molar-refractivity contribution in [3.05, 3.63) is 42.4 Å². The van der Waals surface area contributed by atoms with E-state index in [0.717, 1.165) is 0 Å². The molecule has 0 saturated heterocycles. The van der Waals surface area contributed by atoms with Gasteiger partial charge in [0.15, 0.2) is 23.2 Å². The molecule has 1 aromatic heterocycles. The van der Waals surface area contributed by atoms with Crippen LogP contribution in [-0.4, -0.2) is 39.2 Å². The maximum absolute atomic E-state index is 11.6. The van der Waals surface area contributed by atoms with Gasteiger partial charge in [-0.3, -0.25) is 9.79 Å². The van der Waals surface area contributed by atoms with E-state index in [1.807, 2.05) is 0 Å². The van der Waals surface area contributed by atoms with Crippen LogP contribution < -0.4 is 25.8 Å². The lowest BCUT2D eigenvalue weighted by Crippen LogP contribution is -2.28. The molecule has 0 saturated carbocycles. The molecule has 0 atom stereocenters. The summed E-state index contributed by atoms with van der Waals surface area (Å²) in [5.41, 5.74) is 6.53. The van der Waals surface area contributed by atoms with Gasteiger partial charge in [0.25, 0.3) is 5.91 Å². The van der Waals surface area contributed by atoms with Gasteiger partial charge in [-0.15, -0.1) is 0 Å². The molecule has 0 radical (unpaired) electrons. The first kappa shape index (κ1) is 17.2. The first-order valence-corrected chi connectivity index (χ1v) is 7.24. The zero-order valence-electron chi connectivity index (χ0n) is 13.5. The number of benzene rings is 1. The third kappa shape index (κ3) is 4.67. The predicted molar refractivity (Wildman–Crippen MR) is 90.7 cm³/mol. The summed E-state index contributed by atoms with van der Waals surface area (Å²) >= 11 is 0. The Hall–Kier alpha value is -3.16. The number of aliphatic imine (C=N–C) groups is 1. The molecule has 8 nitrogen and oxygen atoms in total. The normalized spacial score (nSPS) is 11.0. The highest BCUT2D eigenvalue weighted by atomic mass is 16.5. The Bertz CT molecular complexity index is 698. The Morgan fingerprint density at radius 2 is 2.04 bits per heavy atom. The molecule has 0 aliphatic carbocycles. The minimum Gasteiger partial charge on any atom is -0.493 e. The number of ether oxygens (including phenoxy) is 2. The Labute approximate surface area is 139 Å². The van der Waals surface area contributed by atoms with Crippen LogP contribution in [0.4, 0.5) is 5.69 Å². The number of amides is 1. The molecule has 2 aromatic rings. The molecule has 0 unspecified atom stereocenters. The molecule has 0 spiro atoms. The van der Waals surface area contributed by atoms with E-state index in [9.17, 15) is 4.79 Å². The number of carbonyl (C=O) groups excluding carboxylic acids is 1. The third-order valence-corrected chi connectivity index (χ3v) is 3.08. The molecule has 0 fully saturated rings. The standard InChI is InChI=1S/C16H20N4O4/c1-22-12-6-5-11(10-14(12)23-2)20-16(17)19-8-7-18-15(21)13-4-3-9-24-13/h3-6,9-10H,7-8H2,1-2H3,(H,18,21)(H3,17,19,20). The van der Waals surface area contributed by atoms with Crippen molar-refractivity contribution in [2.24, 2.45) is 10.7 Å². The monoisotopic (exact) mass is 332 g/mol. The lowest BCUT2D eigenvalue weighted by atomic mass is 10.3. The fraction of sp³-hybridized carbons (Fsp3) is 0.250. The van der Waals surface area contributed by atoms with Crippen molar-refractivity contribution >= 4 is 17.6 Å². The molecule has 4 N–H and O–H groups in total. The summed E-state index contributed by atoms with van der Waals surface area (Å²) in [5.74, 6) is 1.41. The summed E-state index contributed by atoms with van der Waals surface area (Å²) < 4.78 is 15.4. The number of hydrogen-bond donors (Lipinski definition) is 3. The van der Waals surface area contributed by atoms with Gasteiger partial charge >= 0.3 is 0 Å². The third-order valence-electron chi connectivity index (χ3n) is 3.08. The number of guanidine groups is 1. The second kappa shape index (κ2) is 8.47. The minimum atomic E-state index is -0.290. The Kier molecular flexibility index (Phi) is 6.07. The molecule has 0 aliphatic heterocycles. The van der Waals surface area contributed by atoms with Gasteiger partial charge in [-0.25, -0.2) is 0 Å². The van der Waals surface area contributed by atoms with E-state index in [2.05, 4.69) is 15.6 Å². The van der Waals surface area contributed by atoms with Gasteiger partial charge in [0, 0.05) is 18.3 Å². The highest BCUT2D eigenvalue weighted by Gasteiger charge is 2.07. The van der Waals surface area contributed by atoms with E-state index in [0.29, 0.717) is 30.3 Å². The highest BCUT2D eigenvalue weighted by molar-refractivity contribution is 5.93. The smallest absolute Gasteiger partial charge is 0.287 e. The van der Waals surface area contributed by atoms with Crippen molar-refractivity contribution < 1.29 is 18.7 Å². The number of furan rings is 1. The Balaban J connectivity index is 1.82. The summed E-state index contributed by atoms with van der Waals surface area (Å²) in [4.78, 5) is 15.8. The van der Waals surface area contributed by atoms with E-state index in [1.54, 1.807) is 44.6 Å². The first-order valence-electron chi connectivity index (χ1n) is 7.24. The first-order chi connectivity index (χ1) is 11.6. The van der Waals surface area contributed by atoms with Crippen LogP contribution >= 0.6 is 0 Å². The van der Waals surface area contributed by atoms with Crippen molar-refractivity contribution in [3.8, 4) is 11.5 Å². The minimum absolute atomic E-state index is 0.231. The summed E-state index contributed by atoms with van der Waals surface area (Å²) in [6, 6.07) is 8.55. The fourth-order valence-corrected chi connectivity index (χ4v) is 1.94. The molecule has 1 aromatic carbocycles.